The molecule has 2 aliphatic heterocycles. The van der Waals surface area contributed by atoms with E-state index >= 15 is 0 Å². The van der Waals surface area contributed by atoms with Gasteiger partial charge in [0.05, 0.1) is 6.54 Å². The lowest BCUT2D eigenvalue weighted by Crippen LogP contribution is -2.48. The van der Waals surface area contributed by atoms with E-state index in [2.05, 4.69) is 24.1 Å². The Morgan fingerprint density at radius 3 is 2.55 bits per heavy atom. The predicted octanol–water partition coefficient (Wildman–Crippen LogP) is 0.988. The summed E-state index contributed by atoms with van der Waals surface area (Å²) in [5.74, 6) is 0.0796. The van der Waals surface area contributed by atoms with Crippen LogP contribution in [0.3, 0.4) is 0 Å². The number of nitrogens with zero attached hydrogens (tertiary/aromatic N) is 2. The van der Waals surface area contributed by atoms with Gasteiger partial charge < -0.3 is 10.2 Å². The second-order valence-electron chi connectivity index (χ2n) is 6.14. The second-order valence-corrected chi connectivity index (χ2v) is 6.14. The van der Waals surface area contributed by atoms with Crippen molar-refractivity contribution in [2.75, 3.05) is 26.2 Å². The molecule has 20 heavy (non-hydrogen) atoms. The predicted molar refractivity (Wildman–Crippen MR) is 78.3 cm³/mol. The van der Waals surface area contributed by atoms with Gasteiger partial charge in [0.25, 0.3) is 0 Å². The number of nitrogens with one attached hydrogen (secondary N) is 1. The normalized spacial score (nSPS) is 27.9. The van der Waals surface area contributed by atoms with Crippen LogP contribution in [-0.4, -0.2) is 59.9 Å². The van der Waals surface area contributed by atoms with Crippen molar-refractivity contribution in [2.45, 2.75) is 58.0 Å². The monoisotopic (exact) mass is 281 g/mol. The first-order valence-corrected chi connectivity index (χ1v) is 7.88. The number of carbonyl (C=O) groups is 2. The molecule has 2 atom stereocenters. The second kappa shape index (κ2) is 7.07. The van der Waals surface area contributed by atoms with Crippen LogP contribution in [0, 0.1) is 0 Å². The van der Waals surface area contributed by atoms with Gasteiger partial charge in [-0.05, 0) is 33.1 Å². The Balaban J connectivity index is 1.67. The van der Waals surface area contributed by atoms with Crippen molar-refractivity contribution in [3.8, 4) is 0 Å². The standard InChI is InChI=1S/C15H27N3O2/c1-12-5-3-6-13(2)18(12)10-8-16-14(19)11-17-9-4-7-15(17)20/h12-13H,3-11H2,1-2H3,(H,16,19)/t12-,13+. The summed E-state index contributed by atoms with van der Waals surface area (Å²) in [5, 5.41) is 2.94. The Bertz CT molecular complexity index is 349. The maximum absolute atomic E-state index is 11.8. The summed E-state index contributed by atoms with van der Waals surface area (Å²) in [6, 6.07) is 1.21. The molecular formula is C15H27N3O2. The molecule has 1 N–H and O–H groups in total. The first-order valence-electron chi connectivity index (χ1n) is 7.88. The Labute approximate surface area is 121 Å². The third-order valence-electron chi connectivity index (χ3n) is 4.57. The molecule has 0 saturated carbocycles. The fraction of sp³-hybridized carbons (Fsp3) is 0.867. The lowest BCUT2D eigenvalue weighted by atomic mass is 9.98. The highest BCUT2D eigenvalue weighted by Gasteiger charge is 2.25. The number of piperidine rings is 1. The average molecular weight is 281 g/mol. The molecule has 114 valence electrons. The van der Waals surface area contributed by atoms with E-state index in [1.807, 2.05) is 0 Å². The van der Waals surface area contributed by atoms with Gasteiger partial charge in [-0.3, -0.25) is 14.5 Å². The van der Waals surface area contributed by atoms with Crippen molar-refractivity contribution in [3.63, 3.8) is 0 Å². The topological polar surface area (TPSA) is 52.7 Å². The van der Waals surface area contributed by atoms with Crippen LogP contribution in [0.25, 0.3) is 0 Å². The quantitative estimate of drug-likeness (QED) is 0.817. The van der Waals surface area contributed by atoms with Crippen LogP contribution >= 0.6 is 0 Å². The summed E-state index contributed by atoms with van der Waals surface area (Å²) >= 11 is 0. The van der Waals surface area contributed by atoms with Gasteiger partial charge in [0.2, 0.25) is 11.8 Å². The molecule has 2 rings (SSSR count). The van der Waals surface area contributed by atoms with Crippen LogP contribution in [-0.2, 0) is 9.59 Å². The van der Waals surface area contributed by atoms with Crippen LogP contribution < -0.4 is 5.32 Å². The fourth-order valence-electron chi connectivity index (χ4n) is 3.34. The van der Waals surface area contributed by atoms with Gasteiger partial charge in [-0.15, -0.1) is 0 Å². The molecule has 2 heterocycles. The third-order valence-corrected chi connectivity index (χ3v) is 4.57. The zero-order valence-corrected chi connectivity index (χ0v) is 12.7. The minimum atomic E-state index is -0.0300. The Morgan fingerprint density at radius 2 is 1.95 bits per heavy atom. The molecular weight excluding hydrogens is 254 g/mol. The van der Waals surface area contributed by atoms with E-state index in [9.17, 15) is 9.59 Å². The maximum Gasteiger partial charge on any atom is 0.239 e. The zero-order chi connectivity index (χ0) is 14.5. The van der Waals surface area contributed by atoms with Gasteiger partial charge in [0.15, 0.2) is 0 Å². The number of carbonyl (C=O) groups excluding carboxylic acids is 2. The van der Waals surface area contributed by atoms with Crippen LogP contribution in [0.1, 0.15) is 46.0 Å². The highest BCUT2D eigenvalue weighted by Crippen LogP contribution is 2.21. The third kappa shape index (κ3) is 3.95. The molecule has 0 aromatic carbocycles. The average Bonchev–Trinajstić information content (AvgIpc) is 2.79. The van der Waals surface area contributed by atoms with E-state index in [4.69, 9.17) is 0 Å². The molecule has 5 heteroatoms. The van der Waals surface area contributed by atoms with Crippen molar-refractivity contribution >= 4 is 11.8 Å². The smallest absolute Gasteiger partial charge is 0.239 e. The lowest BCUT2D eigenvalue weighted by Gasteiger charge is -2.39. The zero-order valence-electron chi connectivity index (χ0n) is 12.7. The van der Waals surface area contributed by atoms with Crippen LogP contribution in [0.15, 0.2) is 0 Å². The van der Waals surface area contributed by atoms with Gasteiger partial charge in [0.1, 0.15) is 0 Å². The summed E-state index contributed by atoms with van der Waals surface area (Å²) in [6.45, 7) is 7.06. The molecule has 2 saturated heterocycles. The van der Waals surface area contributed by atoms with Crippen LogP contribution in [0.4, 0.5) is 0 Å². The van der Waals surface area contributed by atoms with Crippen LogP contribution in [0.2, 0.25) is 0 Å². The fourth-order valence-corrected chi connectivity index (χ4v) is 3.34. The Kier molecular flexibility index (Phi) is 5.40. The van der Waals surface area contributed by atoms with Gasteiger partial charge in [-0.2, -0.15) is 0 Å². The van der Waals surface area contributed by atoms with Crippen molar-refractivity contribution in [1.82, 2.24) is 15.1 Å². The minimum absolute atomic E-state index is 0.0300. The molecule has 2 amide bonds. The first kappa shape index (κ1) is 15.3. The van der Waals surface area contributed by atoms with Crippen molar-refractivity contribution in [1.29, 1.82) is 0 Å². The van der Waals surface area contributed by atoms with E-state index in [1.54, 1.807) is 4.90 Å². The lowest BCUT2D eigenvalue weighted by molar-refractivity contribution is -0.133. The minimum Gasteiger partial charge on any atom is -0.353 e. The highest BCUT2D eigenvalue weighted by molar-refractivity contribution is 5.85. The number of hydrogen-bond donors (Lipinski definition) is 1. The molecule has 2 aliphatic rings. The molecule has 0 unspecified atom stereocenters. The van der Waals surface area contributed by atoms with Crippen LogP contribution in [0.5, 0.6) is 0 Å². The Morgan fingerprint density at radius 1 is 1.25 bits per heavy atom. The molecule has 0 aliphatic carbocycles. The van der Waals surface area contributed by atoms with E-state index in [0.29, 0.717) is 25.0 Å². The summed E-state index contributed by atoms with van der Waals surface area (Å²) < 4.78 is 0. The van der Waals surface area contributed by atoms with E-state index in [1.165, 1.54) is 19.3 Å². The highest BCUT2D eigenvalue weighted by atomic mass is 16.2. The number of hydrogen-bond acceptors (Lipinski definition) is 3. The molecule has 0 spiro atoms. The van der Waals surface area contributed by atoms with E-state index < -0.39 is 0 Å². The van der Waals surface area contributed by atoms with Crippen molar-refractivity contribution in [3.05, 3.63) is 0 Å². The molecule has 5 nitrogen and oxygen atoms in total. The van der Waals surface area contributed by atoms with Crippen molar-refractivity contribution in [2.24, 2.45) is 0 Å². The van der Waals surface area contributed by atoms with Gasteiger partial charge in [-0.1, -0.05) is 6.42 Å². The van der Waals surface area contributed by atoms with Gasteiger partial charge in [0, 0.05) is 38.1 Å². The van der Waals surface area contributed by atoms with E-state index in [0.717, 1.165) is 19.5 Å². The molecule has 0 radical (unpaired) electrons. The number of amides is 2. The Hall–Kier alpha value is -1.10. The summed E-state index contributed by atoms with van der Waals surface area (Å²) in [5.41, 5.74) is 0. The summed E-state index contributed by atoms with van der Waals surface area (Å²) in [4.78, 5) is 27.4. The van der Waals surface area contributed by atoms with Crippen molar-refractivity contribution < 1.29 is 9.59 Å². The van der Waals surface area contributed by atoms with Gasteiger partial charge in [-0.25, -0.2) is 0 Å². The molecule has 0 aromatic rings. The summed E-state index contributed by atoms with van der Waals surface area (Å²) in [7, 11) is 0. The van der Waals surface area contributed by atoms with Gasteiger partial charge >= 0.3 is 0 Å². The van der Waals surface area contributed by atoms with E-state index in [-0.39, 0.29) is 18.4 Å². The first-order chi connectivity index (χ1) is 9.58. The SMILES string of the molecule is C[C@@H]1CCC[C@H](C)N1CCNC(=O)CN1CCCC1=O. The number of rotatable bonds is 5. The largest absolute Gasteiger partial charge is 0.353 e. The molecule has 2 fully saturated rings. The molecule has 0 aromatic heterocycles. The maximum atomic E-state index is 11.8. The summed E-state index contributed by atoms with van der Waals surface area (Å²) in [6.07, 6.45) is 5.29. The number of likely N-dealkylation sites (tertiary alicyclic amines) is 2. The molecule has 0 bridgehead atoms.